The number of imidazole rings is 1. The van der Waals surface area contributed by atoms with E-state index in [1.807, 2.05) is 43.3 Å². The fraction of sp³-hybridized carbons (Fsp3) is 0.357. The molecule has 3 aromatic rings. The molecule has 0 fully saturated rings. The highest BCUT2D eigenvalue weighted by molar-refractivity contribution is 5.85. The van der Waals surface area contributed by atoms with Crippen LogP contribution in [0.2, 0.25) is 0 Å². The number of benzene rings is 1. The normalized spacial score (nSPS) is 11.2. The van der Waals surface area contributed by atoms with Gasteiger partial charge in [0, 0.05) is 13.1 Å². The molecule has 0 radical (unpaired) electrons. The van der Waals surface area contributed by atoms with Crippen molar-refractivity contribution in [2.45, 2.75) is 13.5 Å². The van der Waals surface area contributed by atoms with Crippen molar-refractivity contribution in [1.29, 1.82) is 0 Å². The van der Waals surface area contributed by atoms with Gasteiger partial charge in [-0.3, -0.25) is 9.36 Å². The van der Waals surface area contributed by atoms with Crippen LogP contribution in [-0.4, -0.2) is 44.7 Å². The van der Waals surface area contributed by atoms with Crippen LogP contribution in [0.25, 0.3) is 16.8 Å². The number of likely N-dealkylation sites (N-methyl/N-ethyl adjacent to an activating group) is 1. The summed E-state index contributed by atoms with van der Waals surface area (Å²) in [5, 5.41) is 4.36. The number of hydrogen-bond acceptors (Lipinski definition) is 4. The summed E-state index contributed by atoms with van der Waals surface area (Å²) in [5.41, 5.74) is 2.18. The van der Waals surface area contributed by atoms with Crippen molar-refractivity contribution in [3.63, 3.8) is 0 Å². The van der Waals surface area contributed by atoms with E-state index in [2.05, 4.69) is 10.1 Å². The summed E-state index contributed by atoms with van der Waals surface area (Å²) in [6, 6.07) is 7.77. The van der Waals surface area contributed by atoms with Crippen molar-refractivity contribution in [2.75, 3.05) is 20.6 Å². The standard InChI is InChI=1S/C14H17N5O.ClH/c1-10-13(20)18(9-8-17(2)3)14-15-11-6-4-5-7-12(11)19(14)16-10;/h4-7H,8-9H2,1-3H3;1H. The van der Waals surface area contributed by atoms with Crippen molar-refractivity contribution >= 4 is 29.2 Å². The first-order valence-electron chi connectivity index (χ1n) is 6.57. The SMILES string of the molecule is Cc1nn2c3ccccc3nc2n(CCN(C)C)c1=O.Cl. The van der Waals surface area contributed by atoms with Gasteiger partial charge in [0.1, 0.15) is 5.69 Å². The van der Waals surface area contributed by atoms with Gasteiger partial charge in [-0.25, -0.2) is 4.98 Å². The Labute approximate surface area is 128 Å². The molecule has 7 heteroatoms. The molecule has 0 aliphatic heterocycles. The van der Waals surface area contributed by atoms with Crippen LogP contribution < -0.4 is 5.56 Å². The van der Waals surface area contributed by atoms with Crippen LogP contribution in [0.15, 0.2) is 29.1 Å². The molecule has 1 aromatic carbocycles. The van der Waals surface area contributed by atoms with Crippen LogP contribution in [0.1, 0.15) is 5.69 Å². The smallest absolute Gasteiger partial charge is 0.276 e. The van der Waals surface area contributed by atoms with Gasteiger partial charge in [0.25, 0.3) is 5.56 Å². The van der Waals surface area contributed by atoms with Gasteiger partial charge < -0.3 is 4.90 Å². The van der Waals surface area contributed by atoms with Crippen molar-refractivity contribution in [2.24, 2.45) is 0 Å². The van der Waals surface area contributed by atoms with Gasteiger partial charge in [-0.15, -0.1) is 12.4 Å². The summed E-state index contributed by atoms with van der Waals surface area (Å²) in [6.45, 7) is 3.12. The molecule has 6 nitrogen and oxygen atoms in total. The van der Waals surface area contributed by atoms with E-state index in [0.29, 0.717) is 18.0 Å². The number of fused-ring (bicyclic) bond motifs is 3. The van der Waals surface area contributed by atoms with E-state index >= 15 is 0 Å². The van der Waals surface area contributed by atoms with Gasteiger partial charge in [-0.05, 0) is 33.2 Å². The molecule has 2 aromatic heterocycles. The molecular weight excluding hydrogens is 290 g/mol. The molecule has 0 saturated carbocycles. The number of aryl methyl sites for hydroxylation is 1. The van der Waals surface area contributed by atoms with E-state index in [1.54, 1.807) is 16.0 Å². The maximum atomic E-state index is 12.3. The van der Waals surface area contributed by atoms with Crippen LogP contribution in [0.3, 0.4) is 0 Å². The van der Waals surface area contributed by atoms with E-state index in [-0.39, 0.29) is 18.0 Å². The lowest BCUT2D eigenvalue weighted by Crippen LogP contribution is -2.30. The molecule has 2 heterocycles. The van der Waals surface area contributed by atoms with Crippen molar-refractivity contribution in [3.05, 3.63) is 40.3 Å². The Kier molecular flexibility index (Phi) is 4.29. The lowest BCUT2D eigenvalue weighted by Gasteiger charge is -2.12. The number of nitrogens with zero attached hydrogens (tertiary/aromatic N) is 5. The van der Waals surface area contributed by atoms with Crippen molar-refractivity contribution in [3.8, 4) is 0 Å². The van der Waals surface area contributed by atoms with Gasteiger partial charge >= 0.3 is 0 Å². The Bertz CT molecular complexity index is 836. The number of halogens is 1. The van der Waals surface area contributed by atoms with Gasteiger partial charge in [0.2, 0.25) is 5.78 Å². The van der Waals surface area contributed by atoms with E-state index in [0.717, 1.165) is 17.6 Å². The predicted octanol–water partition coefficient (Wildman–Crippen LogP) is 1.34. The largest absolute Gasteiger partial charge is 0.308 e. The van der Waals surface area contributed by atoms with E-state index in [9.17, 15) is 4.79 Å². The zero-order valence-electron chi connectivity index (χ0n) is 12.3. The molecule has 112 valence electrons. The van der Waals surface area contributed by atoms with Crippen molar-refractivity contribution in [1.82, 2.24) is 24.1 Å². The first kappa shape index (κ1) is 15.5. The maximum absolute atomic E-state index is 12.3. The summed E-state index contributed by atoms with van der Waals surface area (Å²) in [4.78, 5) is 18.9. The fourth-order valence-corrected chi connectivity index (χ4v) is 2.25. The molecule has 0 aliphatic rings. The van der Waals surface area contributed by atoms with Gasteiger partial charge in [0.05, 0.1) is 11.0 Å². The van der Waals surface area contributed by atoms with Crippen LogP contribution in [0.5, 0.6) is 0 Å². The second kappa shape index (κ2) is 5.83. The third kappa shape index (κ3) is 2.64. The molecule has 3 rings (SSSR count). The van der Waals surface area contributed by atoms with E-state index < -0.39 is 0 Å². The zero-order chi connectivity index (χ0) is 14.3. The van der Waals surface area contributed by atoms with E-state index in [1.165, 1.54) is 0 Å². The molecule has 0 bridgehead atoms. The average Bonchev–Trinajstić information content (AvgIpc) is 2.77. The Morgan fingerprint density at radius 2 is 1.95 bits per heavy atom. The minimum atomic E-state index is -0.0744. The molecule has 0 N–H and O–H groups in total. The predicted molar refractivity (Wildman–Crippen MR) is 85.3 cm³/mol. The summed E-state index contributed by atoms with van der Waals surface area (Å²) in [7, 11) is 3.97. The lowest BCUT2D eigenvalue weighted by atomic mass is 10.3. The van der Waals surface area contributed by atoms with Gasteiger partial charge in [0.15, 0.2) is 0 Å². The maximum Gasteiger partial charge on any atom is 0.276 e. The minimum absolute atomic E-state index is 0. The Hall–Kier alpha value is -1.92. The van der Waals surface area contributed by atoms with Crippen LogP contribution in [-0.2, 0) is 6.54 Å². The van der Waals surface area contributed by atoms with Crippen LogP contribution in [0.4, 0.5) is 0 Å². The number of hydrogen-bond donors (Lipinski definition) is 0. The summed E-state index contributed by atoms with van der Waals surface area (Å²) in [6.07, 6.45) is 0. The summed E-state index contributed by atoms with van der Waals surface area (Å²) >= 11 is 0. The van der Waals surface area contributed by atoms with Crippen LogP contribution in [0, 0.1) is 6.92 Å². The molecule has 0 spiro atoms. The quantitative estimate of drug-likeness (QED) is 0.732. The first-order valence-corrected chi connectivity index (χ1v) is 6.57. The first-order chi connectivity index (χ1) is 9.58. The molecular formula is C14H18ClN5O. The third-order valence-electron chi connectivity index (χ3n) is 3.34. The molecule has 0 amide bonds. The average molecular weight is 308 g/mol. The Morgan fingerprint density at radius 3 is 2.67 bits per heavy atom. The zero-order valence-corrected chi connectivity index (χ0v) is 13.1. The van der Waals surface area contributed by atoms with Gasteiger partial charge in [-0.1, -0.05) is 12.1 Å². The molecule has 0 saturated heterocycles. The minimum Gasteiger partial charge on any atom is -0.308 e. The van der Waals surface area contributed by atoms with Crippen molar-refractivity contribution < 1.29 is 0 Å². The second-order valence-electron chi connectivity index (χ2n) is 5.16. The fourth-order valence-electron chi connectivity index (χ4n) is 2.25. The Morgan fingerprint density at radius 1 is 1.24 bits per heavy atom. The summed E-state index contributed by atoms with van der Waals surface area (Å²) < 4.78 is 3.45. The number of aromatic nitrogens is 4. The van der Waals surface area contributed by atoms with Crippen LogP contribution >= 0.6 is 12.4 Å². The second-order valence-corrected chi connectivity index (χ2v) is 5.16. The highest BCUT2D eigenvalue weighted by Gasteiger charge is 2.13. The van der Waals surface area contributed by atoms with E-state index in [4.69, 9.17) is 0 Å². The molecule has 0 aliphatic carbocycles. The topological polar surface area (TPSA) is 55.4 Å². The molecule has 0 atom stereocenters. The monoisotopic (exact) mass is 307 g/mol. The highest BCUT2D eigenvalue weighted by atomic mass is 35.5. The number of para-hydroxylation sites is 2. The Balaban J connectivity index is 0.00000161. The van der Waals surface area contributed by atoms with Gasteiger partial charge in [-0.2, -0.15) is 9.61 Å². The number of rotatable bonds is 3. The highest BCUT2D eigenvalue weighted by Crippen LogP contribution is 2.14. The molecule has 21 heavy (non-hydrogen) atoms. The molecule has 0 unspecified atom stereocenters. The third-order valence-corrected chi connectivity index (χ3v) is 3.34. The summed E-state index contributed by atoms with van der Waals surface area (Å²) in [5.74, 6) is 0.601. The lowest BCUT2D eigenvalue weighted by molar-refractivity contribution is 0.381.